The summed E-state index contributed by atoms with van der Waals surface area (Å²) in [6, 6.07) is 30.1. The van der Waals surface area contributed by atoms with E-state index in [4.69, 9.17) is 21.1 Å². The van der Waals surface area contributed by atoms with Gasteiger partial charge in [-0.2, -0.15) is 5.10 Å². The number of hydrogen-bond donors (Lipinski definition) is 1. The fraction of sp³-hybridized carbons (Fsp3) is 0.103. The van der Waals surface area contributed by atoms with E-state index < -0.39 is 0 Å². The molecule has 0 spiro atoms. The zero-order chi connectivity index (χ0) is 24.5. The average molecular weight is 485 g/mol. The Morgan fingerprint density at radius 1 is 0.771 bits per heavy atom. The molecule has 1 amide bonds. The van der Waals surface area contributed by atoms with Crippen LogP contribution in [0.25, 0.3) is 0 Å². The number of ether oxygens (including phenoxy) is 2. The van der Waals surface area contributed by atoms with Crippen LogP contribution in [0.15, 0.2) is 102 Å². The Labute approximate surface area is 210 Å². The van der Waals surface area contributed by atoms with Gasteiger partial charge in [0, 0.05) is 10.6 Å². The number of carbonyl (C=O) groups excluding carboxylic acids is 1. The third-order valence-corrected chi connectivity index (χ3v) is 5.47. The van der Waals surface area contributed by atoms with E-state index in [0.717, 1.165) is 22.4 Å². The molecule has 4 aromatic carbocycles. The van der Waals surface area contributed by atoms with Gasteiger partial charge >= 0.3 is 0 Å². The zero-order valence-corrected chi connectivity index (χ0v) is 20.0. The van der Waals surface area contributed by atoms with Crippen molar-refractivity contribution in [3.8, 4) is 11.5 Å². The minimum absolute atomic E-state index is 0.302. The molecule has 0 aromatic heterocycles. The highest BCUT2D eigenvalue weighted by Crippen LogP contribution is 2.16. The summed E-state index contributed by atoms with van der Waals surface area (Å²) in [5, 5.41) is 4.73. The summed E-state index contributed by atoms with van der Waals surface area (Å²) in [5.74, 6) is 1.14. The first-order valence-electron chi connectivity index (χ1n) is 11.1. The summed E-state index contributed by atoms with van der Waals surface area (Å²) in [6.07, 6.45) is 1.59. The summed E-state index contributed by atoms with van der Waals surface area (Å²) >= 11 is 5.89. The lowest BCUT2D eigenvalue weighted by atomic mass is 10.2. The molecule has 0 unspecified atom stereocenters. The number of nitrogens with one attached hydrogen (secondary N) is 1. The van der Waals surface area contributed by atoms with Gasteiger partial charge in [0.15, 0.2) is 0 Å². The number of benzene rings is 4. The summed E-state index contributed by atoms with van der Waals surface area (Å²) in [4.78, 5) is 12.4. The molecule has 6 heteroatoms. The monoisotopic (exact) mass is 484 g/mol. The van der Waals surface area contributed by atoms with E-state index in [-0.39, 0.29) is 5.91 Å². The smallest absolute Gasteiger partial charge is 0.271 e. The Balaban J connectivity index is 1.23. The van der Waals surface area contributed by atoms with Gasteiger partial charge in [-0.3, -0.25) is 4.79 Å². The maximum atomic E-state index is 12.4. The van der Waals surface area contributed by atoms with E-state index >= 15 is 0 Å². The second-order valence-electron chi connectivity index (χ2n) is 7.98. The third kappa shape index (κ3) is 7.45. The van der Waals surface area contributed by atoms with Crippen molar-refractivity contribution in [2.24, 2.45) is 5.10 Å². The second-order valence-corrected chi connectivity index (χ2v) is 8.42. The Hall–Kier alpha value is -4.09. The molecule has 0 aliphatic heterocycles. The number of aryl methyl sites for hydroxylation is 1. The molecular formula is C29H25ClN2O3. The van der Waals surface area contributed by atoms with Crippen LogP contribution in [-0.4, -0.2) is 12.1 Å². The number of hydrogen-bond acceptors (Lipinski definition) is 4. The maximum absolute atomic E-state index is 12.4. The fourth-order valence-electron chi connectivity index (χ4n) is 3.18. The summed E-state index contributed by atoms with van der Waals surface area (Å²) < 4.78 is 11.6. The lowest BCUT2D eigenvalue weighted by Crippen LogP contribution is -2.17. The molecule has 4 aromatic rings. The summed E-state index contributed by atoms with van der Waals surface area (Å²) in [5.41, 5.74) is 7.22. The average Bonchev–Trinajstić information content (AvgIpc) is 2.89. The van der Waals surface area contributed by atoms with Crippen LogP contribution in [0.1, 0.15) is 32.6 Å². The van der Waals surface area contributed by atoms with Crippen molar-refractivity contribution in [3.63, 3.8) is 0 Å². The van der Waals surface area contributed by atoms with Crippen LogP contribution in [-0.2, 0) is 13.2 Å². The van der Waals surface area contributed by atoms with Gasteiger partial charge in [0.25, 0.3) is 5.91 Å². The zero-order valence-electron chi connectivity index (χ0n) is 19.3. The largest absolute Gasteiger partial charge is 0.489 e. The Kier molecular flexibility index (Phi) is 8.15. The van der Waals surface area contributed by atoms with Crippen molar-refractivity contribution in [3.05, 3.63) is 130 Å². The molecule has 0 radical (unpaired) electrons. The lowest BCUT2D eigenvalue weighted by Gasteiger charge is -2.07. The van der Waals surface area contributed by atoms with Crippen LogP contribution in [0.2, 0.25) is 5.02 Å². The van der Waals surface area contributed by atoms with Crippen LogP contribution in [0.5, 0.6) is 11.5 Å². The highest BCUT2D eigenvalue weighted by Gasteiger charge is 2.05. The predicted molar refractivity (Wildman–Crippen MR) is 139 cm³/mol. The van der Waals surface area contributed by atoms with Gasteiger partial charge in [-0.25, -0.2) is 5.43 Å². The highest BCUT2D eigenvalue weighted by atomic mass is 35.5. The van der Waals surface area contributed by atoms with Gasteiger partial charge in [-0.05, 0) is 84.3 Å². The van der Waals surface area contributed by atoms with Gasteiger partial charge in [0.2, 0.25) is 0 Å². The number of halogens is 1. The number of carbonyl (C=O) groups is 1. The van der Waals surface area contributed by atoms with E-state index in [2.05, 4.69) is 41.7 Å². The number of rotatable bonds is 9. The molecule has 1 N–H and O–H groups in total. The fourth-order valence-corrected chi connectivity index (χ4v) is 3.31. The van der Waals surface area contributed by atoms with Gasteiger partial charge in [0.05, 0.1) is 6.21 Å². The second kappa shape index (κ2) is 11.9. The van der Waals surface area contributed by atoms with Gasteiger partial charge < -0.3 is 9.47 Å². The third-order valence-electron chi connectivity index (χ3n) is 5.22. The quantitative estimate of drug-likeness (QED) is 0.216. The highest BCUT2D eigenvalue weighted by molar-refractivity contribution is 6.30. The van der Waals surface area contributed by atoms with Crippen molar-refractivity contribution < 1.29 is 14.3 Å². The Morgan fingerprint density at radius 2 is 1.29 bits per heavy atom. The van der Waals surface area contributed by atoms with Crippen molar-refractivity contribution in [2.75, 3.05) is 0 Å². The first-order chi connectivity index (χ1) is 17.0. The molecule has 35 heavy (non-hydrogen) atoms. The van der Waals surface area contributed by atoms with Crippen LogP contribution in [0.3, 0.4) is 0 Å². The number of nitrogens with zero attached hydrogens (tertiary/aromatic N) is 1. The molecule has 0 heterocycles. The van der Waals surface area contributed by atoms with Crippen LogP contribution in [0.4, 0.5) is 0 Å². The minimum Gasteiger partial charge on any atom is -0.489 e. The Bertz CT molecular complexity index is 1270. The van der Waals surface area contributed by atoms with Crippen LogP contribution in [0, 0.1) is 6.92 Å². The van der Waals surface area contributed by atoms with E-state index in [0.29, 0.717) is 29.5 Å². The molecule has 0 atom stereocenters. The van der Waals surface area contributed by atoms with Gasteiger partial charge in [-0.15, -0.1) is 0 Å². The number of amides is 1. The SMILES string of the molecule is Cc1ccc(COc2ccc(/C=N/NC(=O)c3ccc(OCc4ccc(Cl)cc4)cc3)cc2)cc1. The molecule has 4 rings (SSSR count). The predicted octanol–water partition coefficient (Wildman–Crippen LogP) is 6.57. The van der Waals surface area contributed by atoms with Crippen molar-refractivity contribution in [2.45, 2.75) is 20.1 Å². The van der Waals surface area contributed by atoms with Crippen molar-refractivity contribution in [1.29, 1.82) is 0 Å². The number of hydrazone groups is 1. The molecule has 0 aliphatic rings. The topological polar surface area (TPSA) is 59.9 Å². The summed E-state index contributed by atoms with van der Waals surface area (Å²) in [7, 11) is 0. The van der Waals surface area contributed by atoms with E-state index in [9.17, 15) is 4.79 Å². The van der Waals surface area contributed by atoms with Crippen molar-refractivity contribution >= 4 is 23.7 Å². The summed E-state index contributed by atoms with van der Waals surface area (Å²) in [6.45, 7) is 2.99. The lowest BCUT2D eigenvalue weighted by molar-refractivity contribution is 0.0955. The molecule has 0 saturated carbocycles. The molecule has 0 fully saturated rings. The van der Waals surface area contributed by atoms with Crippen molar-refractivity contribution in [1.82, 2.24) is 5.43 Å². The molecule has 0 saturated heterocycles. The molecule has 5 nitrogen and oxygen atoms in total. The van der Waals surface area contributed by atoms with Gasteiger partial charge in [-0.1, -0.05) is 53.6 Å². The standard InChI is InChI=1S/C29H25ClN2O3/c1-21-2-4-23(5-3-21)19-34-27-14-8-22(9-15-27)18-31-32-29(33)25-10-16-28(17-11-25)35-20-24-6-12-26(30)13-7-24/h2-18H,19-20H2,1H3,(H,32,33)/b31-18+. The molecule has 0 bridgehead atoms. The van der Waals surface area contributed by atoms with Gasteiger partial charge in [0.1, 0.15) is 24.7 Å². The van der Waals surface area contributed by atoms with E-state index in [1.807, 2.05) is 48.5 Å². The van der Waals surface area contributed by atoms with Crippen LogP contribution >= 0.6 is 11.6 Å². The molecular weight excluding hydrogens is 460 g/mol. The molecule has 0 aliphatic carbocycles. The first-order valence-corrected chi connectivity index (χ1v) is 11.5. The van der Waals surface area contributed by atoms with E-state index in [1.54, 1.807) is 30.5 Å². The normalized spacial score (nSPS) is 10.8. The van der Waals surface area contributed by atoms with Crippen LogP contribution < -0.4 is 14.9 Å². The Morgan fingerprint density at radius 3 is 1.86 bits per heavy atom. The maximum Gasteiger partial charge on any atom is 0.271 e. The first kappa shape index (κ1) is 24.0. The minimum atomic E-state index is -0.302. The van der Waals surface area contributed by atoms with E-state index in [1.165, 1.54) is 5.56 Å². The molecule has 176 valence electrons.